The standard InChI is InChI=1S/C24H25N5O3S/c25-7-1-9-29(23(30)17-3-5-19-20(12-17)32-11-10-31-19)24-28-18-4-2-15(13-21(18)33-24)16-6-8-27-22(26)14-16/h2-6,8,12-14,23,30H,1,7,9-11,25H2,(H2,26,27). The van der Waals surface area contributed by atoms with Crippen LogP contribution in [0.1, 0.15) is 18.2 Å². The van der Waals surface area contributed by atoms with Crippen molar-refractivity contribution >= 4 is 32.5 Å². The third-order valence-electron chi connectivity index (χ3n) is 5.50. The van der Waals surface area contributed by atoms with Gasteiger partial charge in [0.1, 0.15) is 19.0 Å². The molecule has 2 aromatic heterocycles. The van der Waals surface area contributed by atoms with Gasteiger partial charge in [-0.2, -0.15) is 0 Å². The maximum atomic E-state index is 11.3. The predicted octanol–water partition coefficient (Wildman–Crippen LogP) is 3.56. The summed E-state index contributed by atoms with van der Waals surface area (Å²) in [5, 5.41) is 12.0. The van der Waals surface area contributed by atoms with Crippen molar-refractivity contribution < 1.29 is 14.6 Å². The Morgan fingerprint density at radius 3 is 2.67 bits per heavy atom. The number of nitrogen functional groups attached to an aromatic ring is 1. The molecule has 0 aliphatic carbocycles. The minimum absolute atomic E-state index is 0.480. The van der Waals surface area contributed by atoms with Gasteiger partial charge in [0.05, 0.1) is 10.2 Å². The number of thiazole rings is 1. The van der Waals surface area contributed by atoms with Gasteiger partial charge in [-0.1, -0.05) is 23.5 Å². The highest BCUT2D eigenvalue weighted by Gasteiger charge is 2.23. The Balaban J connectivity index is 1.48. The molecule has 0 radical (unpaired) electrons. The number of aliphatic hydroxyl groups excluding tert-OH is 1. The Labute approximate surface area is 195 Å². The van der Waals surface area contributed by atoms with Gasteiger partial charge < -0.3 is 30.9 Å². The van der Waals surface area contributed by atoms with E-state index in [1.54, 1.807) is 6.20 Å². The number of hydrogen-bond acceptors (Lipinski definition) is 9. The van der Waals surface area contributed by atoms with Crippen LogP contribution in [0.5, 0.6) is 11.5 Å². The van der Waals surface area contributed by atoms with Gasteiger partial charge in [-0.25, -0.2) is 9.97 Å². The molecule has 0 saturated heterocycles. The molecular formula is C24H25N5O3S. The Morgan fingerprint density at radius 2 is 1.85 bits per heavy atom. The molecule has 0 bridgehead atoms. The molecule has 0 amide bonds. The minimum Gasteiger partial charge on any atom is -0.486 e. The van der Waals surface area contributed by atoms with Crippen LogP contribution in [-0.4, -0.2) is 41.4 Å². The van der Waals surface area contributed by atoms with Crippen molar-refractivity contribution in [3.05, 3.63) is 60.3 Å². The first-order valence-electron chi connectivity index (χ1n) is 10.8. The number of hydrogen-bond donors (Lipinski definition) is 3. The van der Waals surface area contributed by atoms with Crippen molar-refractivity contribution in [3.63, 3.8) is 0 Å². The number of pyridine rings is 1. The van der Waals surface area contributed by atoms with Gasteiger partial charge in [-0.05, 0) is 60.5 Å². The van der Waals surface area contributed by atoms with Crippen LogP contribution in [0, 0.1) is 0 Å². The summed E-state index contributed by atoms with van der Waals surface area (Å²) < 4.78 is 12.3. The second kappa shape index (κ2) is 9.22. The summed E-state index contributed by atoms with van der Waals surface area (Å²) >= 11 is 1.53. The largest absolute Gasteiger partial charge is 0.486 e. The molecule has 8 nitrogen and oxygen atoms in total. The summed E-state index contributed by atoms with van der Waals surface area (Å²) in [6.07, 6.45) is 1.53. The average molecular weight is 464 g/mol. The van der Waals surface area contributed by atoms with Gasteiger partial charge in [0.2, 0.25) is 0 Å². The van der Waals surface area contributed by atoms with E-state index in [0.717, 1.165) is 32.9 Å². The van der Waals surface area contributed by atoms with E-state index in [2.05, 4.69) is 11.1 Å². The van der Waals surface area contributed by atoms with Gasteiger partial charge in [0.25, 0.3) is 0 Å². The molecule has 9 heteroatoms. The highest BCUT2D eigenvalue weighted by Crippen LogP contribution is 2.38. The van der Waals surface area contributed by atoms with Gasteiger partial charge in [0.15, 0.2) is 22.9 Å². The summed E-state index contributed by atoms with van der Waals surface area (Å²) in [7, 11) is 0. The second-order valence-electron chi connectivity index (χ2n) is 7.76. The van der Waals surface area contributed by atoms with E-state index in [-0.39, 0.29) is 0 Å². The number of nitrogens with zero attached hydrogens (tertiary/aromatic N) is 3. The molecule has 5 N–H and O–H groups in total. The summed E-state index contributed by atoms with van der Waals surface area (Å²) in [4.78, 5) is 10.8. The Bertz CT molecular complexity index is 1280. The zero-order valence-corrected chi connectivity index (χ0v) is 18.8. The van der Waals surface area contributed by atoms with Crippen LogP contribution in [-0.2, 0) is 0 Å². The predicted molar refractivity (Wildman–Crippen MR) is 131 cm³/mol. The van der Waals surface area contributed by atoms with E-state index in [9.17, 15) is 5.11 Å². The van der Waals surface area contributed by atoms with Crippen molar-refractivity contribution in [2.24, 2.45) is 5.73 Å². The zero-order chi connectivity index (χ0) is 22.8. The number of benzene rings is 2. The highest BCUT2D eigenvalue weighted by molar-refractivity contribution is 7.22. The quantitative estimate of drug-likeness (QED) is 0.356. The lowest BCUT2D eigenvalue weighted by Gasteiger charge is -2.28. The molecule has 2 aromatic carbocycles. The third kappa shape index (κ3) is 4.43. The van der Waals surface area contributed by atoms with Crippen LogP contribution in [0.2, 0.25) is 0 Å². The maximum absolute atomic E-state index is 11.3. The van der Waals surface area contributed by atoms with Gasteiger partial charge >= 0.3 is 0 Å². The van der Waals surface area contributed by atoms with E-state index in [1.807, 2.05) is 47.4 Å². The van der Waals surface area contributed by atoms with Gasteiger partial charge in [-0.3, -0.25) is 0 Å². The van der Waals surface area contributed by atoms with Crippen molar-refractivity contribution in [2.75, 3.05) is 36.9 Å². The van der Waals surface area contributed by atoms with E-state index in [1.165, 1.54) is 11.3 Å². The number of aromatic nitrogens is 2. The lowest BCUT2D eigenvalue weighted by Crippen LogP contribution is -2.31. The summed E-state index contributed by atoms with van der Waals surface area (Å²) in [6.45, 7) is 2.10. The molecule has 1 atom stereocenters. The average Bonchev–Trinajstić information content (AvgIpc) is 3.27. The summed E-state index contributed by atoms with van der Waals surface area (Å²) in [5.41, 5.74) is 15.2. The van der Waals surface area contributed by atoms with Crippen LogP contribution >= 0.6 is 11.3 Å². The van der Waals surface area contributed by atoms with Gasteiger partial charge in [0, 0.05) is 18.3 Å². The molecule has 4 aromatic rings. The van der Waals surface area contributed by atoms with Crippen molar-refractivity contribution in [1.82, 2.24) is 9.97 Å². The first-order valence-corrected chi connectivity index (χ1v) is 11.6. The van der Waals surface area contributed by atoms with E-state index in [0.29, 0.717) is 49.2 Å². The monoisotopic (exact) mass is 463 g/mol. The maximum Gasteiger partial charge on any atom is 0.188 e. The number of anilines is 2. The fourth-order valence-electron chi connectivity index (χ4n) is 3.83. The normalized spacial score (nSPS) is 13.8. The molecule has 0 fully saturated rings. The molecule has 1 aliphatic heterocycles. The molecule has 1 aliphatic rings. The number of ether oxygens (including phenoxy) is 2. The minimum atomic E-state index is -0.896. The van der Waals surface area contributed by atoms with Crippen molar-refractivity contribution in [2.45, 2.75) is 12.6 Å². The Morgan fingerprint density at radius 1 is 1.03 bits per heavy atom. The Kier molecular flexibility index (Phi) is 5.99. The lowest BCUT2D eigenvalue weighted by molar-refractivity contribution is 0.161. The fraction of sp³-hybridized carbons (Fsp3) is 0.250. The van der Waals surface area contributed by atoms with E-state index in [4.69, 9.17) is 25.9 Å². The highest BCUT2D eigenvalue weighted by atomic mass is 32.1. The number of aliphatic hydroxyl groups is 1. The first-order chi connectivity index (χ1) is 16.1. The van der Waals surface area contributed by atoms with Crippen LogP contribution in [0.15, 0.2) is 54.7 Å². The molecule has 5 rings (SSSR count). The molecular weight excluding hydrogens is 438 g/mol. The Hall–Kier alpha value is -3.40. The molecule has 0 spiro atoms. The molecule has 33 heavy (non-hydrogen) atoms. The molecule has 0 saturated carbocycles. The molecule has 170 valence electrons. The van der Waals surface area contributed by atoms with Gasteiger partial charge in [-0.15, -0.1) is 0 Å². The SMILES string of the molecule is NCCCN(c1nc2ccc(-c3ccnc(N)c3)cc2s1)C(O)c1ccc2c(c1)OCCO2. The topological polar surface area (TPSA) is 120 Å². The molecule has 1 unspecified atom stereocenters. The smallest absolute Gasteiger partial charge is 0.188 e. The molecule has 3 heterocycles. The fourth-order valence-corrected chi connectivity index (χ4v) is 4.88. The van der Waals surface area contributed by atoms with Crippen molar-refractivity contribution in [3.8, 4) is 22.6 Å². The zero-order valence-electron chi connectivity index (χ0n) is 18.0. The van der Waals surface area contributed by atoms with Crippen LogP contribution in [0.4, 0.5) is 10.9 Å². The van der Waals surface area contributed by atoms with Crippen LogP contribution in [0.25, 0.3) is 21.3 Å². The third-order valence-corrected chi connectivity index (χ3v) is 6.56. The number of rotatable bonds is 7. The summed E-state index contributed by atoms with van der Waals surface area (Å²) in [5.74, 6) is 1.81. The van der Waals surface area contributed by atoms with E-state index >= 15 is 0 Å². The first kappa shape index (κ1) is 21.4. The van der Waals surface area contributed by atoms with Crippen molar-refractivity contribution in [1.29, 1.82) is 0 Å². The van der Waals surface area contributed by atoms with Crippen LogP contribution in [0.3, 0.4) is 0 Å². The second-order valence-corrected chi connectivity index (χ2v) is 8.77. The number of fused-ring (bicyclic) bond motifs is 2. The van der Waals surface area contributed by atoms with Crippen LogP contribution < -0.4 is 25.8 Å². The van der Waals surface area contributed by atoms with E-state index < -0.39 is 6.23 Å². The lowest BCUT2D eigenvalue weighted by atomic mass is 10.1. The summed E-state index contributed by atoms with van der Waals surface area (Å²) in [6, 6.07) is 15.4. The number of nitrogens with two attached hydrogens (primary N) is 2.